The molecule has 0 spiro atoms. The maximum atomic E-state index is 10.7. The average Bonchev–Trinajstić information content (AvgIpc) is 2.21. The number of ether oxygens (including phenoxy) is 1. The van der Waals surface area contributed by atoms with Crippen LogP contribution in [0, 0.1) is 0 Å². The number of hydrogen-bond acceptors (Lipinski definition) is 2. The van der Waals surface area contributed by atoms with Crippen LogP contribution in [-0.4, -0.2) is 13.1 Å². The van der Waals surface area contributed by atoms with E-state index in [-0.39, 0.29) is 5.97 Å². The summed E-state index contributed by atoms with van der Waals surface area (Å²) >= 11 is 0. The molecule has 0 aliphatic carbocycles. The molecule has 0 aromatic rings. The zero-order valence-electron chi connectivity index (χ0n) is 9.16. The maximum Gasteiger partial charge on any atom is 0.305 e. The van der Waals surface area contributed by atoms with Crippen LogP contribution in [0.25, 0.3) is 0 Å². The molecule has 2 heteroatoms. The van der Waals surface area contributed by atoms with E-state index in [1.807, 2.05) is 6.92 Å². The summed E-state index contributed by atoms with van der Waals surface area (Å²) in [4.78, 5) is 10.7. The van der Waals surface area contributed by atoms with Crippen LogP contribution in [0.15, 0.2) is 24.3 Å². The zero-order chi connectivity index (χ0) is 10.6. The van der Waals surface area contributed by atoms with Gasteiger partial charge in [-0.2, -0.15) is 0 Å². The van der Waals surface area contributed by atoms with E-state index in [4.69, 9.17) is 0 Å². The molecule has 0 fully saturated rings. The minimum absolute atomic E-state index is 0.118. The first-order chi connectivity index (χ1) is 6.81. The smallest absolute Gasteiger partial charge is 0.305 e. The third kappa shape index (κ3) is 9.04. The Labute approximate surface area is 86.6 Å². The Morgan fingerprint density at radius 1 is 1.14 bits per heavy atom. The van der Waals surface area contributed by atoms with Crippen molar-refractivity contribution in [3.63, 3.8) is 0 Å². The van der Waals surface area contributed by atoms with Crippen LogP contribution in [0.4, 0.5) is 0 Å². The molecule has 0 heterocycles. The maximum absolute atomic E-state index is 10.7. The number of carbonyl (C=O) groups is 1. The molecule has 80 valence electrons. The van der Waals surface area contributed by atoms with E-state index in [9.17, 15) is 4.79 Å². The lowest BCUT2D eigenvalue weighted by Crippen LogP contribution is -1.98. The van der Waals surface area contributed by atoms with Gasteiger partial charge in [0.15, 0.2) is 0 Å². The van der Waals surface area contributed by atoms with Gasteiger partial charge in [0.05, 0.1) is 7.11 Å². The van der Waals surface area contributed by atoms with E-state index in [0.29, 0.717) is 6.42 Å². The predicted octanol–water partition coefficient (Wildman–Crippen LogP) is 3.24. The van der Waals surface area contributed by atoms with Gasteiger partial charge in [0, 0.05) is 6.42 Å². The molecular weight excluding hydrogens is 176 g/mol. The van der Waals surface area contributed by atoms with Gasteiger partial charge in [0.2, 0.25) is 0 Å². The minimum Gasteiger partial charge on any atom is -0.469 e. The summed E-state index contributed by atoms with van der Waals surface area (Å²) in [5.41, 5.74) is 0. The van der Waals surface area contributed by atoms with Crippen LogP contribution < -0.4 is 0 Å². The van der Waals surface area contributed by atoms with Gasteiger partial charge in [-0.05, 0) is 32.6 Å². The summed E-state index contributed by atoms with van der Waals surface area (Å²) < 4.78 is 4.54. The summed E-state index contributed by atoms with van der Waals surface area (Å²) in [6, 6.07) is 0. The van der Waals surface area contributed by atoms with Crippen molar-refractivity contribution in [3.05, 3.63) is 24.3 Å². The van der Waals surface area contributed by atoms with Crippen LogP contribution in [-0.2, 0) is 9.53 Å². The SMILES string of the molecule is C/C=C/CC/C=C/CCCC(=O)OC. The van der Waals surface area contributed by atoms with E-state index in [1.165, 1.54) is 7.11 Å². The van der Waals surface area contributed by atoms with Crippen molar-refractivity contribution in [2.45, 2.75) is 39.0 Å². The van der Waals surface area contributed by atoms with E-state index >= 15 is 0 Å². The first-order valence-corrected chi connectivity index (χ1v) is 5.14. The molecule has 14 heavy (non-hydrogen) atoms. The fourth-order valence-electron chi connectivity index (χ4n) is 1.06. The summed E-state index contributed by atoms with van der Waals surface area (Å²) in [7, 11) is 1.43. The summed E-state index contributed by atoms with van der Waals surface area (Å²) in [6.45, 7) is 2.03. The molecule has 0 saturated heterocycles. The second-order valence-corrected chi connectivity index (χ2v) is 3.09. The summed E-state index contributed by atoms with van der Waals surface area (Å²) in [6.07, 6.45) is 13.1. The Bertz CT molecular complexity index is 192. The summed E-state index contributed by atoms with van der Waals surface area (Å²) in [5, 5.41) is 0. The molecule has 0 saturated carbocycles. The first kappa shape index (κ1) is 12.9. The molecule has 0 aliphatic rings. The van der Waals surface area contributed by atoms with Crippen molar-refractivity contribution in [1.82, 2.24) is 0 Å². The standard InChI is InChI=1S/C12H20O2/c1-3-4-5-6-7-8-9-10-11-12(13)14-2/h3-4,7-8H,5-6,9-11H2,1-2H3/b4-3+,8-7+. The Morgan fingerprint density at radius 2 is 1.79 bits per heavy atom. The highest BCUT2D eigenvalue weighted by Gasteiger charge is 1.96. The average molecular weight is 196 g/mol. The van der Waals surface area contributed by atoms with Crippen LogP contribution in [0.2, 0.25) is 0 Å². The Balaban J connectivity index is 3.22. The molecule has 2 nitrogen and oxygen atoms in total. The topological polar surface area (TPSA) is 26.3 Å². The Morgan fingerprint density at radius 3 is 2.43 bits per heavy atom. The minimum atomic E-state index is -0.118. The van der Waals surface area contributed by atoms with Crippen LogP contribution in [0.1, 0.15) is 39.0 Å². The molecule has 0 radical (unpaired) electrons. The quantitative estimate of drug-likeness (QED) is 0.355. The fourth-order valence-corrected chi connectivity index (χ4v) is 1.06. The van der Waals surface area contributed by atoms with Gasteiger partial charge in [-0.15, -0.1) is 0 Å². The molecule has 0 aliphatic heterocycles. The van der Waals surface area contributed by atoms with Crippen LogP contribution >= 0.6 is 0 Å². The summed E-state index contributed by atoms with van der Waals surface area (Å²) in [5.74, 6) is -0.118. The monoisotopic (exact) mass is 196 g/mol. The van der Waals surface area contributed by atoms with Crippen LogP contribution in [0.3, 0.4) is 0 Å². The van der Waals surface area contributed by atoms with E-state index in [1.54, 1.807) is 0 Å². The van der Waals surface area contributed by atoms with Gasteiger partial charge < -0.3 is 4.74 Å². The van der Waals surface area contributed by atoms with Gasteiger partial charge in [0.25, 0.3) is 0 Å². The van der Waals surface area contributed by atoms with Gasteiger partial charge in [-0.3, -0.25) is 4.79 Å². The van der Waals surface area contributed by atoms with Gasteiger partial charge in [0.1, 0.15) is 0 Å². The van der Waals surface area contributed by atoms with Gasteiger partial charge in [-0.1, -0.05) is 24.3 Å². The highest BCUT2D eigenvalue weighted by molar-refractivity contribution is 5.68. The number of esters is 1. The predicted molar refractivity (Wildman–Crippen MR) is 59.1 cm³/mol. The third-order valence-corrected chi connectivity index (χ3v) is 1.88. The molecule has 0 aromatic heterocycles. The molecule has 0 rings (SSSR count). The number of rotatable bonds is 7. The second-order valence-electron chi connectivity index (χ2n) is 3.09. The molecule has 0 unspecified atom stereocenters. The van der Waals surface area contributed by atoms with Crippen molar-refractivity contribution < 1.29 is 9.53 Å². The molecular formula is C12H20O2. The lowest BCUT2D eigenvalue weighted by atomic mass is 10.2. The second kappa shape index (κ2) is 10.0. The van der Waals surface area contributed by atoms with Crippen molar-refractivity contribution in [3.8, 4) is 0 Å². The van der Waals surface area contributed by atoms with Crippen molar-refractivity contribution in [2.75, 3.05) is 7.11 Å². The van der Waals surface area contributed by atoms with E-state index in [2.05, 4.69) is 29.0 Å². The highest BCUT2D eigenvalue weighted by atomic mass is 16.5. The first-order valence-electron chi connectivity index (χ1n) is 5.14. The van der Waals surface area contributed by atoms with Gasteiger partial charge >= 0.3 is 5.97 Å². The number of hydrogen-bond donors (Lipinski definition) is 0. The van der Waals surface area contributed by atoms with Gasteiger partial charge in [-0.25, -0.2) is 0 Å². The molecule has 0 atom stereocenters. The zero-order valence-corrected chi connectivity index (χ0v) is 9.16. The van der Waals surface area contributed by atoms with Crippen molar-refractivity contribution in [1.29, 1.82) is 0 Å². The highest BCUT2D eigenvalue weighted by Crippen LogP contribution is 2.00. The molecule has 0 N–H and O–H groups in total. The number of allylic oxidation sites excluding steroid dienone is 4. The number of unbranched alkanes of at least 4 members (excludes halogenated alkanes) is 2. The lowest BCUT2D eigenvalue weighted by Gasteiger charge is -1.95. The molecule has 0 amide bonds. The van der Waals surface area contributed by atoms with E-state index < -0.39 is 0 Å². The Hall–Kier alpha value is -1.05. The number of methoxy groups -OCH3 is 1. The number of carbonyl (C=O) groups excluding carboxylic acids is 1. The van der Waals surface area contributed by atoms with Crippen molar-refractivity contribution in [2.24, 2.45) is 0 Å². The molecule has 0 aromatic carbocycles. The Kier molecular flexibility index (Phi) is 9.28. The lowest BCUT2D eigenvalue weighted by molar-refractivity contribution is -0.140. The molecule has 0 bridgehead atoms. The fraction of sp³-hybridized carbons (Fsp3) is 0.583. The largest absolute Gasteiger partial charge is 0.469 e. The van der Waals surface area contributed by atoms with Crippen LogP contribution in [0.5, 0.6) is 0 Å². The van der Waals surface area contributed by atoms with E-state index in [0.717, 1.165) is 25.7 Å². The third-order valence-electron chi connectivity index (χ3n) is 1.88. The van der Waals surface area contributed by atoms with Crippen molar-refractivity contribution >= 4 is 5.97 Å². The normalized spacial score (nSPS) is 11.3.